The molecule has 0 aliphatic carbocycles. The molecule has 0 atom stereocenters. The van der Waals surface area contributed by atoms with E-state index < -0.39 is 0 Å². The van der Waals surface area contributed by atoms with Crippen molar-refractivity contribution >= 4 is 16.8 Å². The van der Waals surface area contributed by atoms with Gasteiger partial charge in [-0.25, -0.2) is 0 Å². The van der Waals surface area contributed by atoms with Gasteiger partial charge in [0.25, 0.3) is 5.91 Å². The molecule has 1 aliphatic rings. The number of hydrogen-bond donors (Lipinski definition) is 1. The van der Waals surface area contributed by atoms with Gasteiger partial charge in [0, 0.05) is 35.8 Å². The maximum absolute atomic E-state index is 12.8. The second-order valence-electron chi connectivity index (χ2n) is 7.16. The van der Waals surface area contributed by atoms with Crippen LogP contribution in [0.15, 0.2) is 48.7 Å². The Balaban J connectivity index is 1.47. The van der Waals surface area contributed by atoms with Gasteiger partial charge in [0.05, 0.1) is 0 Å². The molecular weight excluding hydrogens is 308 g/mol. The lowest BCUT2D eigenvalue weighted by Gasteiger charge is -2.32. The molecule has 4 rings (SSSR count). The highest BCUT2D eigenvalue weighted by molar-refractivity contribution is 5.94. The number of hydrogen-bond acceptors (Lipinski definition) is 1. The number of piperidine rings is 1. The summed E-state index contributed by atoms with van der Waals surface area (Å²) in [4.78, 5) is 18.2. The van der Waals surface area contributed by atoms with E-state index in [1.165, 1.54) is 27.6 Å². The molecular formula is C22H24N2O. The smallest absolute Gasteiger partial charge is 0.253 e. The maximum atomic E-state index is 12.8. The van der Waals surface area contributed by atoms with Gasteiger partial charge in [-0.15, -0.1) is 0 Å². The van der Waals surface area contributed by atoms with E-state index >= 15 is 0 Å². The van der Waals surface area contributed by atoms with Crippen LogP contribution in [0.1, 0.15) is 45.8 Å². The third-order valence-electron chi connectivity index (χ3n) is 5.60. The Labute approximate surface area is 148 Å². The molecule has 1 N–H and O–H groups in total. The molecule has 0 bridgehead atoms. The van der Waals surface area contributed by atoms with Gasteiger partial charge in [-0.05, 0) is 67.5 Å². The number of carbonyl (C=O) groups is 1. The summed E-state index contributed by atoms with van der Waals surface area (Å²) in [5, 5.41) is 1.32. The van der Waals surface area contributed by atoms with Crippen LogP contribution >= 0.6 is 0 Å². The van der Waals surface area contributed by atoms with Crippen molar-refractivity contribution in [2.45, 2.75) is 32.6 Å². The highest BCUT2D eigenvalue weighted by Crippen LogP contribution is 2.33. The Hall–Kier alpha value is -2.55. The van der Waals surface area contributed by atoms with E-state index in [0.29, 0.717) is 5.92 Å². The zero-order valence-corrected chi connectivity index (χ0v) is 14.9. The van der Waals surface area contributed by atoms with Crippen molar-refractivity contribution in [3.8, 4) is 0 Å². The first kappa shape index (κ1) is 15.9. The molecule has 1 fully saturated rings. The highest BCUT2D eigenvalue weighted by atomic mass is 16.2. The Morgan fingerprint density at radius 1 is 1.04 bits per heavy atom. The quantitative estimate of drug-likeness (QED) is 0.718. The molecule has 3 aromatic rings. The SMILES string of the molecule is Cc1ccc(C(=O)N2CCC(c3c[nH]c4ccccc34)CC2)cc1C. The number of H-pyrrole nitrogens is 1. The average Bonchev–Trinajstić information content (AvgIpc) is 3.08. The van der Waals surface area contributed by atoms with E-state index in [2.05, 4.69) is 49.3 Å². The fraction of sp³-hybridized carbons (Fsp3) is 0.318. The molecule has 3 nitrogen and oxygen atoms in total. The number of benzene rings is 2. The zero-order valence-electron chi connectivity index (χ0n) is 14.9. The molecule has 1 aliphatic heterocycles. The molecule has 2 aromatic carbocycles. The number of aryl methyl sites for hydroxylation is 2. The van der Waals surface area contributed by atoms with E-state index in [4.69, 9.17) is 0 Å². The molecule has 0 spiro atoms. The van der Waals surface area contributed by atoms with Crippen LogP contribution in [-0.2, 0) is 0 Å². The van der Waals surface area contributed by atoms with Gasteiger partial charge in [0.15, 0.2) is 0 Å². The van der Waals surface area contributed by atoms with Gasteiger partial charge < -0.3 is 9.88 Å². The molecule has 1 amide bonds. The van der Waals surface area contributed by atoms with E-state index in [-0.39, 0.29) is 5.91 Å². The van der Waals surface area contributed by atoms with Crippen molar-refractivity contribution in [3.05, 3.63) is 70.9 Å². The number of fused-ring (bicyclic) bond motifs is 1. The Bertz CT molecular complexity index is 917. The van der Waals surface area contributed by atoms with Crippen LogP contribution in [0.2, 0.25) is 0 Å². The monoisotopic (exact) mass is 332 g/mol. The Kier molecular flexibility index (Phi) is 4.08. The van der Waals surface area contributed by atoms with E-state index in [0.717, 1.165) is 31.5 Å². The number of amides is 1. The van der Waals surface area contributed by atoms with Gasteiger partial charge in [0.1, 0.15) is 0 Å². The van der Waals surface area contributed by atoms with E-state index in [1.807, 2.05) is 23.1 Å². The Morgan fingerprint density at radius 3 is 2.56 bits per heavy atom. The molecule has 1 saturated heterocycles. The van der Waals surface area contributed by atoms with Crippen LogP contribution in [0.25, 0.3) is 10.9 Å². The maximum Gasteiger partial charge on any atom is 0.253 e. The summed E-state index contributed by atoms with van der Waals surface area (Å²) in [6.45, 7) is 5.80. The predicted molar refractivity (Wildman–Crippen MR) is 102 cm³/mol. The Morgan fingerprint density at radius 2 is 1.80 bits per heavy atom. The normalized spacial score (nSPS) is 15.7. The van der Waals surface area contributed by atoms with Crippen molar-refractivity contribution in [3.63, 3.8) is 0 Å². The third-order valence-corrected chi connectivity index (χ3v) is 5.60. The van der Waals surface area contributed by atoms with Crippen molar-refractivity contribution in [1.82, 2.24) is 9.88 Å². The zero-order chi connectivity index (χ0) is 17.4. The summed E-state index contributed by atoms with van der Waals surface area (Å²) in [7, 11) is 0. The third kappa shape index (κ3) is 2.95. The summed E-state index contributed by atoms with van der Waals surface area (Å²) in [6, 6.07) is 14.5. The van der Waals surface area contributed by atoms with Crippen molar-refractivity contribution in [1.29, 1.82) is 0 Å². The van der Waals surface area contributed by atoms with Gasteiger partial charge in [-0.3, -0.25) is 4.79 Å². The number of aromatic amines is 1. The van der Waals surface area contributed by atoms with Crippen molar-refractivity contribution in [2.75, 3.05) is 13.1 Å². The minimum atomic E-state index is 0.167. The van der Waals surface area contributed by atoms with Crippen LogP contribution < -0.4 is 0 Å². The number of rotatable bonds is 2. The molecule has 128 valence electrons. The molecule has 0 radical (unpaired) electrons. The summed E-state index contributed by atoms with van der Waals surface area (Å²) < 4.78 is 0. The summed E-state index contributed by atoms with van der Waals surface area (Å²) >= 11 is 0. The lowest BCUT2D eigenvalue weighted by atomic mass is 9.89. The second kappa shape index (κ2) is 6.40. The van der Waals surface area contributed by atoms with Crippen molar-refractivity contribution < 1.29 is 4.79 Å². The first-order valence-corrected chi connectivity index (χ1v) is 9.06. The molecule has 0 saturated carbocycles. The first-order chi connectivity index (χ1) is 12.1. The molecule has 1 aromatic heterocycles. The lowest BCUT2D eigenvalue weighted by Crippen LogP contribution is -2.37. The van der Waals surface area contributed by atoms with Crippen LogP contribution in [-0.4, -0.2) is 28.9 Å². The van der Waals surface area contributed by atoms with Gasteiger partial charge in [-0.1, -0.05) is 24.3 Å². The first-order valence-electron chi connectivity index (χ1n) is 9.06. The minimum Gasteiger partial charge on any atom is -0.361 e. The fourth-order valence-corrected chi connectivity index (χ4v) is 3.88. The van der Waals surface area contributed by atoms with Gasteiger partial charge in [0.2, 0.25) is 0 Å². The molecule has 25 heavy (non-hydrogen) atoms. The number of aromatic nitrogens is 1. The summed E-state index contributed by atoms with van der Waals surface area (Å²) in [5.41, 5.74) is 5.82. The fourth-order valence-electron chi connectivity index (χ4n) is 3.88. The van der Waals surface area contributed by atoms with Crippen molar-refractivity contribution in [2.24, 2.45) is 0 Å². The molecule has 3 heteroatoms. The number of likely N-dealkylation sites (tertiary alicyclic amines) is 1. The topological polar surface area (TPSA) is 36.1 Å². The van der Waals surface area contributed by atoms with Crippen LogP contribution in [0.3, 0.4) is 0 Å². The number of para-hydroxylation sites is 1. The average molecular weight is 332 g/mol. The summed E-state index contributed by atoms with van der Waals surface area (Å²) in [6.07, 6.45) is 4.20. The van der Waals surface area contributed by atoms with Gasteiger partial charge in [-0.2, -0.15) is 0 Å². The van der Waals surface area contributed by atoms with Gasteiger partial charge >= 0.3 is 0 Å². The number of nitrogens with zero attached hydrogens (tertiary/aromatic N) is 1. The van der Waals surface area contributed by atoms with E-state index in [1.54, 1.807) is 0 Å². The predicted octanol–water partition coefficient (Wildman–Crippen LogP) is 4.80. The van der Waals surface area contributed by atoms with E-state index in [9.17, 15) is 4.79 Å². The highest BCUT2D eigenvalue weighted by Gasteiger charge is 2.26. The molecule has 0 unspecified atom stereocenters. The van der Waals surface area contributed by atoms with Crippen LogP contribution in [0, 0.1) is 13.8 Å². The standard InChI is InChI=1S/C22H24N2O/c1-15-7-8-18(13-16(15)2)22(25)24-11-9-17(10-12-24)20-14-23-21-6-4-3-5-19(20)21/h3-8,13-14,17,23H,9-12H2,1-2H3. The van der Waals surface area contributed by atoms with Crippen LogP contribution in [0.4, 0.5) is 0 Å². The lowest BCUT2D eigenvalue weighted by molar-refractivity contribution is 0.0713. The summed E-state index contributed by atoms with van der Waals surface area (Å²) in [5.74, 6) is 0.695. The number of carbonyl (C=O) groups excluding carboxylic acids is 1. The largest absolute Gasteiger partial charge is 0.361 e. The minimum absolute atomic E-state index is 0.167. The number of nitrogens with one attached hydrogen (secondary N) is 1. The second-order valence-corrected chi connectivity index (χ2v) is 7.16. The molecule has 2 heterocycles. The van der Waals surface area contributed by atoms with Crippen LogP contribution in [0.5, 0.6) is 0 Å².